The van der Waals surface area contributed by atoms with E-state index in [-0.39, 0.29) is 11.8 Å². The second-order valence-electron chi connectivity index (χ2n) is 5.73. The first-order valence-corrected chi connectivity index (χ1v) is 7.74. The van der Waals surface area contributed by atoms with Crippen molar-refractivity contribution in [3.8, 4) is 0 Å². The zero-order valence-electron chi connectivity index (χ0n) is 13.4. The molecule has 122 valence electrons. The van der Waals surface area contributed by atoms with Gasteiger partial charge < -0.3 is 10.1 Å². The molecule has 22 heavy (non-hydrogen) atoms. The summed E-state index contributed by atoms with van der Waals surface area (Å²) < 4.78 is 4.81. The highest BCUT2D eigenvalue weighted by Crippen LogP contribution is 2.28. The summed E-state index contributed by atoms with van der Waals surface area (Å²) in [5.74, 6) is -1.43. The van der Waals surface area contributed by atoms with Crippen molar-refractivity contribution in [3.63, 3.8) is 0 Å². The third-order valence-corrected chi connectivity index (χ3v) is 4.53. The van der Waals surface area contributed by atoms with Crippen molar-refractivity contribution in [2.45, 2.75) is 39.2 Å². The molecule has 0 radical (unpaired) electrons. The van der Waals surface area contributed by atoms with Crippen LogP contribution in [0.4, 0.5) is 0 Å². The Morgan fingerprint density at radius 2 is 1.82 bits per heavy atom. The molecule has 6 heteroatoms. The van der Waals surface area contributed by atoms with E-state index >= 15 is 0 Å². The normalized spacial score (nSPS) is 15.1. The van der Waals surface area contributed by atoms with Gasteiger partial charge in [0, 0.05) is 10.0 Å². The first-order chi connectivity index (χ1) is 10.1. The molecule has 1 aromatic rings. The predicted octanol–water partition coefficient (Wildman–Crippen LogP) is 3.80. The Kier molecular flexibility index (Phi) is 6.27. The molecule has 0 aliphatic rings. The lowest BCUT2D eigenvalue weighted by molar-refractivity contribution is -0.152. The minimum atomic E-state index is -1.10. The number of benzene rings is 1. The molecule has 0 bridgehead atoms. The van der Waals surface area contributed by atoms with Crippen molar-refractivity contribution < 1.29 is 14.3 Å². The number of halogens is 2. The minimum absolute atomic E-state index is 0.128. The monoisotopic (exact) mass is 345 g/mol. The van der Waals surface area contributed by atoms with Gasteiger partial charge in [-0.1, -0.05) is 43.1 Å². The van der Waals surface area contributed by atoms with Crippen molar-refractivity contribution in [2.75, 3.05) is 7.11 Å². The van der Waals surface area contributed by atoms with Crippen LogP contribution in [0, 0.1) is 5.92 Å². The lowest BCUT2D eigenvalue weighted by atomic mass is 9.87. The van der Waals surface area contributed by atoms with E-state index in [1.165, 1.54) is 7.11 Å². The molecule has 1 amide bonds. The number of rotatable bonds is 5. The van der Waals surface area contributed by atoms with Crippen molar-refractivity contribution >= 4 is 35.1 Å². The van der Waals surface area contributed by atoms with E-state index in [2.05, 4.69) is 5.32 Å². The van der Waals surface area contributed by atoms with Crippen molar-refractivity contribution in [2.24, 2.45) is 5.92 Å². The molecule has 0 aromatic heterocycles. The molecule has 4 nitrogen and oxygen atoms in total. The number of carbonyl (C=O) groups is 2. The van der Waals surface area contributed by atoms with Crippen LogP contribution in [0.5, 0.6) is 0 Å². The molecular weight excluding hydrogens is 325 g/mol. The maximum atomic E-state index is 12.5. The summed E-state index contributed by atoms with van der Waals surface area (Å²) in [6, 6.07) is 4.97. The van der Waals surface area contributed by atoms with E-state index in [1.807, 2.05) is 13.8 Å². The van der Waals surface area contributed by atoms with Gasteiger partial charge in [-0.15, -0.1) is 0 Å². The van der Waals surface area contributed by atoms with Gasteiger partial charge >= 0.3 is 5.97 Å². The Morgan fingerprint density at radius 3 is 2.27 bits per heavy atom. The Balaban J connectivity index is 3.02. The van der Waals surface area contributed by atoms with Gasteiger partial charge in [0.15, 0.2) is 0 Å². The summed E-state index contributed by atoms with van der Waals surface area (Å²) in [6.45, 7) is 7.06. The fraction of sp³-hybridized carbons (Fsp3) is 0.500. The van der Waals surface area contributed by atoms with E-state index in [9.17, 15) is 9.59 Å². The molecule has 2 unspecified atom stereocenters. The van der Waals surface area contributed by atoms with E-state index in [0.29, 0.717) is 15.6 Å². The fourth-order valence-corrected chi connectivity index (χ4v) is 2.57. The number of ether oxygens (including phenoxy) is 1. The molecule has 0 aliphatic carbocycles. The molecule has 1 rings (SSSR count). The van der Waals surface area contributed by atoms with Gasteiger partial charge in [-0.2, -0.15) is 0 Å². The van der Waals surface area contributed by atoms with Crippen LogP contribution in [0.1, 0.15) is 39.2 Å². The average Bonchev–Trinajstić information content (AvgIpc) is 2.45. The highest BCUT2D eigenvalue weighted by molar-refractivity contribution is 6.35. The Labute approximate surface area is 141 Å². The number of esters is 1. The SMILES string of the molecule is COC(=O)C(C)(NC(=O)C(C)c1ccc(Cl)cc1Cl)C(C)C. The molecule has 0 heterocycles. The van der Waals surface area contributed by atoms with Crippen LogP contribution in [0.25, 0.3) is 0 Å². The third-order valence-electron chi connectivity index (χ3n) is 3.97. The second-order valence-corrected chi connectivity index (χ2v) is 6.57. The van der Waals surface area contributed by atoms with Gasteiger partial charge in [0.2, 0.25) is 5.91 Å². The number of carbonyl (C=O) groups excluding carboxylic acids is 2. The van der Waals surface area contributed by atoms with Gasteiger partial charge in [-0.3, -0.25) is 4.79 Å². The van der Waals surface area contributed by atoms with Gasteiger partial charge in [0.25, 0.3) is 0 Å². The smallest absolute Gasteiger partial charge is 0.331 e. The summed E-state index contributed by atoms with van der Waals surface area (Å²) in [5, 5.41) is 3.70. The molecule has 2 atom stereocenters. The van der Waals surface area contributed by atoms with Crippen molar-refractivity contribution in [1.29, 1.82) is 0 Å². The molecule has 0 fully saturated rings. The van der Waals surface area contributed by atoms with Gasteiger partial charge in [0.1, 0.15) is 5.54 Å². The van der Waals surface area contributed by atoms with Crippen molar-refractivity contribution in [1.82, 2.24) is 5.32 Å². The number of amides is 1. The fourth-order valence-electron chi connectivity index (χ4n) is 2.00. The maximum Gasteiger partial charge on any atom is 0.331 e. The quantitative estimate of drug-likeness (QED) is 0.825. The first-order valence-electron chi connectivity index (χ1n) is 6.98. The molecule has 1 aromatic carbocycles. The largest absolute Gasteiger partial charge is 0.467 e. The lowest BCUT2D eigenvalue weighted by Gasteiger charge is -2.33. The summed E-state index contributed by atoms with van der Waals surface area (Å²) >= 11 is 12.0. The average molecular weight is 346 g/mol. The van der Waals surface area contributed by atoms with Crippen LogP contribution in [0.3, 0.4) is 0 Å². The summed E-state index contributed by atoms with van der Waals surface area (Å²) in [6.07, 6.45) is 0. The van der Waals surface area contributed by atoms with Crippen LogP contribution < -0.4 is 5.32 Å². The summed E-state index contributed by atoms with van der Waals surface area (Å²) in [4.78, 5) is 24.5. The first kappa shape index (κ1) is 18.8. The lowest BCUT2D eigenvalue weighted by Crippen LogP contribution is -2.57. The van der Waals surface area contributed by atoms with E-state index in [0.717, 1.165) is 0 Å². The minimum Gasteiger partial charge on any atom is -0.467 e. The standard InChI is InChI=1S/C16H21Cl2NO3/c1-9(2)16(4,15(21)22-5)19-14(20)10(3)12-7-6-11(17)8-13(12)18/h6-10H,1-5H3,(H,19,20). The molecule has 0 saturated carbocycles. The Morgan fingerprint density at radius 1 is 1.23 bits per heavy atom. The van der Waals surface area contributed by atoms with Crippen LogP contribution in [0.15, 0.2) is 18.2 Å². The van der Waals surface area contributed by atoms with E-state index < -0.39 is 17.4 Å². The number of nitrogens with one attached hydrogen (secondary N) is 1. The molecule has 1 N–H and O–H groups in total. The van der Waals surface area contributed by atoms with Crippen LogP contribution >= 0.6 is 23.2 Å². The number of hydrogen-bond donors (Lipinski definition) is 1. The van der Waals surface area contributed by atoms with E-state index in [4.69, 9.17) is 27.9 Å². The topological polar surface area (TPSA) is 55.4 Å². The Bertz CT molecular complexity index is 575. The van der Waals surface area contributed by atoms with Crippen LogP contribution in [-0.4, -0.2) is 24.5 Å². The Hall–Kier alpha value is -1.26. The summed E-state index contributed by atoms with van der Waals surface area (Å²) in [7, 11) is 1.30. The maximum absolute atomic E-state index is 12.5. The molecular formula is C16H21Cl2NO3. The highest BCUT2D eigenvalue weighted by atomic mass is 35.5. The van der Waals surface area contributed by atoms with Crippen molar-refractivity contribution in [3.05, 3.63) is 33.8 Å². The highest BCUT2D eigenvalue weighted by Gasteiger charge is 2.40. The molecule has 0 spiro atoms. The predicted molar refractivity (Wildman–Crippen MR) is 88.3 cm³/mol. The third kappa shape index (κ3) is 3.93. The zero-order valence-corrected chi connectivity index (χ0v) is 14.9. The van der Waals surface area contributed by atoms with Crippen LogP contribution in [-0.2, 0) is 14.3 Å². The van der Waals surface area contributed by atoms with Gasteiger partial charge in [-0.25, -0.2) is 4.79 Å². The van der Waals surface area contributed by atoms with Gasteiger partial charge in [-0.05, 0) is 37.5 Å². The van der Waals surface area contributed by atoms with E-state index in [1.54, 1.807) is 32.0 Å². The molecule has 0 saturated heterocycles. The second kappa shape index (κ2) is 7.34. The number of methoxy groups -OCH3 is 1. The zero-order chi connectivity index (χ0) is 17.1. The molecule has 0 aliphatic heterocycles. The number of hydrogen-bond acceptors (Lipinski definition) is 3. The summed E-state index contributed by atoms with van der Waals surface area (Å²) in [5.41, 5.74) is -0.446. The van der Waals surface area contributed by atoms with Crippen LogP contribution in [0.2, 0.25) is 10.0 Å². The van der Waals surface area contributed by atoms with Gasteiger partial charge in [0.05, 0.1) is 13.0 Å².